The Morgan fingerprint density at radius 2 is 2.29 bits per heavy atom. The molecule has 1 amide bonds. The van der Waals surface area contributed by atoms with Crippen molar-refractivity contribution in [2.75, 3.05) is 13.2 Å². The van der Waals surface area contributed by atoms with E-state index in [2.05, 4.69) is 11.9 Å². The minimum Gasteiger partial charge on any atom is -0.465 e. The fourth-order valence-corrected chi connectivity index (χ4v) is 1.28. The number of ether oxygens (including phenoxy) is 2. The zero-order valence-corrected chi connectivity index (χ0v) is 9.65. The molecule has 0 aromatic carbocycles. The molecule has 0 aromatic rings. The lowest BCUT2D eigenvalue weighted by Gasteiger charge is -2.21. The first-order valence-electron chi connectivity index (χ1n) is 5.28. The molecule has 1 rings (SSSR count). The van der Waals surface area contributed by atoms with Crippen molar-refractivity contribution >= 4 is 17.8 Å². The quantitative estimate of drug-likeness (QED) is 0.550. The van der Waals surface area contributed by atoms with E-state index in [1.54, 1.807) is 0 Å². The molecule has 6 heteroatoms. The molecule has 0 radical (unpaired) electrons. The average molecular weight is 241 g/mol. The molecule has 0 bridgehead atoms. The van der Waals surface area contributed by atoms with Gasteiger partial charge in [-0.15, -0.1) is 0 Å². The van der Waals surface area contributed by atoms with E-state index in [1.807, 2.05) is 0 Å². The van der Waals surface area contributed by atoms with E-state index in [-0.39, 0.29) is 25.5 Å². The molecule has 1 unspecified atom stereocenters. The predicted octanol–water partition coefficient (Wildman–Crippen LogP) is -0.0725. The monoisotopic (exact) mass is 241 g/mol. The van der Waals surface area contributed by atoms with Crippen LogP contribution in [0, 0.1) is 0 Å². The highest BCUT2D eigenvalue weighted by Crippen LogP contribution is 2.11. The Morgan fingerprint density at radius 1 is 1.59 bits per heavy atom. The molecule has 6 nitrogen and oxygen atoms in total. The number of hydrogen-bond donors (Lipinski definition) is 1. The molecule has 0 saturated carbocycles. The standard InChI is InChI=1S/C11H15NO5/c1-7(2)11(15)12-6-10(14)17-8-3-4-16-9(13)5-8/h8H,1,3-6H2,2H3,(H,12,15). The normalized spacial score (nSPS) is 19.1. The minimum absolute atomic E-state index is 0.0696. The van der Waals surface area contributed by atoms with Gasteiger partial charge in [0.1, 0.15) is 12.6 Å². The zero-order chi connectivity index (χ0) is 12.8. The number of hydrogen-bond acceptors (Lipinski definition) is 5. The Balaban J connectivity index is 2.27. The van der Waals surface area contributed by atoms with Gasteiger partial charge >= 0.3 is 11.9 Å². The number of amides is 1. The Morgan fingerprint density at radius 3 is 2.88 bits per heavy atom. The maximum absolute atomic E-state index is 11.3. The largest absolute Gasteiger partial charge is 0.465 e. The summed E-state index contributed by atoms with van der Waals surface area (Å²) in [5.41, 5.74) is 0.319. The number of esters is 2. The molecule has 1 saturated heterocycles. The summed E-state index contributed by atoms with van der Waals surface area (Å²) >= 11 is 0. The molecule has 1 aliphatic rings. The fraction of sp³-hybridized carbons (Fsp3) is 0.545. The van der Waals surface area contributed by atoms with Crippen LogP contribution in [0.5, 0.6) is 0 Å². The van der Waals surface area contributed by atoms with Crippen molar-refractivity contribution in [1.29, 1.82) is 0 Å². The number of rotatable bonds is 4. The van der Waals surface area contributed by atoms with Crippen LogP contribution in [0.3, 0.4) is 0 Å². The second-order valence-electron chi connectivity index (χ2n) is 3.79. The SMILES string of the molecule is C=C(C)C(=O)NCC(=O)OC1CCOC(=O)C1. The molecule has 17 heavy (non-hydrogen) atoms. The molecule has 1 heterocycles. The third-order valence-electron chi connectivity index (χ3n) is 2.18. The summed E-state index contributed by atoms with van der Waals surface area (Å²) in [5, 5.41) is 2.35. The topological polar surface area (TPSA) is 81.7 Å². The van der Waals surface area contributed by atoms with Gasteiger partial charge in [0.25, 0.3) is 0 Å². The molecule has 0 spiro atoms. The van der Waals surface area contributed by atoms with Crippen molar-refractivity contribution in [3.8, 4) is 0 Å². The first kappa shape index (κ1) is 13.2. The lowest BCUT2D eigenvalue weighted by Crippen LogP contribution is -2.35. The molecule has 1 aliphatic heterocycles. The first-order chi connectivity index (χ1) is 7.99. The summed E-state index contributed by atoms with van der Waals surface area (Å²) in [7, 11) is 0. The van der Waals surface area contributed by atoms with E-state index < -0.39 is 18.0 Å². The van der Waals surface area contributed by atoms with E-state index in [4.69, 9.17) is 9.47 Å². The summed E-state index contributed by atoms with van der Waals surface area (Å²) in [6.45, 7) is 5.01. The number of carbonyl (C=O) groups is 3. The molecule has 0 aliphatic carbocycles. The van der Waals surface area contributed by atoms with Crippen molar-refractivity contribution in [3.63, 3.8) is 0 Å². The molecular weight excluding hydrogens is 226 g/mol. The van der Waals surface area contributed by atoms with Crippen LogP contribution in [-0.2, 0) is 23.9 Å². The summed E-state index contributed by atoms with van der Waals surface area (Å²) in [6.07, 6.45) is 0.108. The van der Waals surface area contributed by atoms with Crippen LogP contribution in [0.15, 0.2) is 12.2 Å². The van der Waals surface area contributed by atoms with Crippen molar-refractivity contribution in [2.24, 2.45) is 0 Å². The maximum atomic E-state index is 11.3. The lowest BCUT2D eigenvalue weighted by molar-refractivity contribution is -0.162. The molecule has 1 N–H and O–H groups in total. The lowest BCUT2D eigenvalue weighted by atomic mass is 10.1. The van der Waals surface area contributed by atoms with Crippen LogP contribution < -0.4 is 5.32 Å². The predicted molar refractivity (Wildman–Crippen MR) is 57.9 cm³/mol. The Labute approximate surface area is 99.0 Å². The number of nitrogens with one attached hydrogen (secondary N) is 1. The Bertz CT molecular complexity index is 350. The van der Waals surface area contributed by atoms with Crippen molar-refractivity contribution in [3.05, 3.63) is 12.2 Å². The van der Waals surface area contributed by atoms with Gasteiger partial charge in [0.2, 0.25) is 5.91 Å². The molecular formula is C11H15NO5. The molecule has 0 aromatic heterocycles. The summed E-state index contributed by atoms with van der Waals surface area (Å²) < 4.78 is 9.72. The van der Waals surface area contributed by atoms with Crippen LogP contribution >= 0.6 is 0 Å². The Hall–Kier alpha value is -1.85. The van der Waals surface area contributed by atoms with Gasteiger partial charge in [-0.1, -0.05) is 6.58 Å². The van der Waals surface area contributed by atoms with Crippen molar-refractivity contribution in [2.45, 2.75) is 25.9 Å². The van der Waals surface area contributed by atoms with Gasteiger partial charge in [0.15, 0.2) is 0 Å². The average Bonchev–Trinajstić information content (AvgIpc) is 2.25. The summed E-state index contributed by atoms with van der Waals surface area (Å²) in [6, 6.07) is 0. The van der Waals surface area contributed by atoms with Crippen LogP contribution in [0.25, 0.3) is 0 Å². The third-order valence-corrected chi connectivity index (χ3v) is 2.18. The van der Waals surface area contributed by atoms with Gasteiger partial charge in [0.05, 0.1) is 13.0 Å². The third kappa shape index (κ3) is 4.67. The van der Waals surface area contributed by atoms with Gasteiger partial charge in [-0.3, -0.25) is 14.4 Å². The van der Waals surface area contributed by atoms with Gasteiger partial charge < -0.3 is 14.8 Å². The zero-order valence-electron chi connectivity index (χ0n) is 9.65. The fourth-order valence-electron chi connectivity index (χ4n) is 1.28. The van der Waals surface area contributed by atoms with Gasteiger partial charge in [-0.2, -0.15) is 0 Å². The van der Waals surface area contributed by atoms with E-state index in [0.29, 0.717) is 12.0 Å². The Kier molecular flexibility index (Phi) is 4.68. The molecule has 94 valence electrons. The van der Waals surface area contributed by atoms with E-state index >= 15 is 0 Å². The van der Waals surface area contributed by atoms with Gasteiger partial charge in [-0.25, -0.2) is 0 Å². The second kappa shape index (κ2) is 6.03. The minimum atomic E-state index is -0.570. The van der Waals surface area contributed by atoms with Crippen LogP contribution in [0.1, 0.15) is 19.8 Å². The van der Waals surface area contributed by atoms with Gasteiger partial charge in [0, 0.05) is 12.0 Å². The summed E-state index contributed by atoms with van der Waals surface area (Å²) in [5.74, 6) is -1.34. The van der Waals surface area contributed by atoms with E-state index in [9.17, 15) is 14.4 Å². The molecule has 1 atom stereocenters. The number of cyclic esters (lactones) is 1. The summed E-state index contributed by atoms with van der Waals surface area (Å²) in [4.78, 5) is 33.3. The smallest absolute Gasteiger partial charge is 0.325 e. The first-order valence-corrected chi connectivity index (χ1v) is 5.28. The van der Waals surface area contributed by atoms with Crippen molar-refractivity contribution in [1.82, 2.24) is 5.32 Å². The highest BCUT2D eigenvalue weighted by Gasteiger charge is 2.24. The van der Waals surface area contributed by atoms with Gasteiger partial charge in [-0.05, 0) is 6.92 Å². The maximum Gasteiger partial charge on any atom is 0.325 e. The van der Waals surface area contributed by atoms with Crippen LogP contribution in [0.2, 0.25) is 0 Å². The highest BCUT2D eigenvalue weighted by molar-refractivity contribution is 5.94. The second-order valence-corrected chi connectivity index (χ2v) is 3.79. The molecule has 1 fully saturated rings. The van der Waals surface area contributed by atoms with Crippen LogP contribution in [0.4, 0.5) is 0 Å². The van der Waals surface area contributed by atoms with Crippen molar-refractivity contribution < 1.29 is 23.9 Å². The highest BCUT2D eigenvalue weighted by atomic mass is 16.6. The number of carbonyl (C=O) groups excluding carboxylic acids is 3. The van der Waals surface area contributed by atoms with E-state index in [1.165, 1.54) is 6.92 Å². The van der Waals surface area contributed by atoms with E-state index in [0.717, 1.165) is 0 Å². The van der Waals surface area contributed by atoms with Crippen LogP contribution in [-0.4, -0.2) is 37.1 Å².